The van der Waals surface area contributed by atoms with Gasteiger partial charge in [0.2, 0.25) is 10.0 Å². The van der Waals surface area contributed by atoms with E-state index in [1.807, 2.05) is 0 Å². The highest BCUT2D eigenvalue weighted by atomic mass is 32.2. The van der Waals surface area contributed by atoms with Crippen LogP contribution in [0.5, 0.6) is 0 Å². The average molecular weight is 318 g/mol. The van der Waals surface area contributed by atoms with Gasteiger partial charge in [0.25, 0.3) is 0 Å². The SMILES string of the molecule is CCOC1CC(NC2CCN(S(C)(=O)=O)CC2)C1(C)CC. The second-order valence-corrected chi connectivity index (χ2v) is 8.68. The molecular weight excluding hydrogens is 288 g/mol. The van der Waals surface area contributed by atoms with E-state index in [4.69, 9.17) is 4.74 Å². The maximum absolute atomic E-state index is 11.5. The number of nitrogens with zero attached hydrogens (tertiary/aromatic N) is 1. The molecule has 3 atom stereocenters. The number of hydrogen-bond acceptors (Lipinski definition) is 4. The maximum atomic E-state index is 11.5. The van der Waals surface area contributed by atoms with Crippen LogP contribution in [-0.2, 0) is 14.8 Å². The second kappa shape index (κ2) is 6.52. The number of nitrogens with one attached hydrogen (secondary N) is 1. The molecule has 1 saturated carbocycles. The molecule has 0 aromatic rings. The highest BCUT2D eigenvalue weighted by molar-refractivity contribution is 7.88. The normalized spacial score (nSPS) is 35.6. The summed E-state index contributed by atoms with van der Waals surface area (Å²) in [5.41, 5.74) is 0.212. The number of ether oxygens (including phenoxy) is 1. The van der Waals surface area contributed by atoms with Crippen molar-refractivity contribution in [1.29, 1.82) is 0 Å². The molecule has 0 radical (unpaired) electrons. The summed E-state index contributed by atoms with van der Waals surface area (Å²) in [4.78, 5) is 0. The van der Waals surface area contributed by atoms with E-state index in [1.54, 1.807) is 4.31 Å². The van der Waals surface area contributed by atoms with Crippen molar-refractivity contribution < 1.29 is 13.2 Å². The van der Waals surface area contributed by atoms with Crippen molar-refractivity contribution in [2.24, 2.45) is 5.41 Å². The molecule has 3 unspecified atom stereocenters. The predicted octanol–water partition coefficient (Wildman–Crippen LogP) is 1.59. The van der Waals surface area contributed by atoms with Crippen LogP contribution < -0.4 is 5.32 Å². The molecule has 2 aliphatic rings. The summed E-state index contributed by atoms with van der Waals surface area (Å²) in [5.74, 6) is 0. The molecule has 124 valence electrons. The summed E-state index contributed by atoms with van der Waals surface area (Å²) in [6, 6.07) is 0.926. The van der Waals surface area contributed by atoms with Gasteiger partial charge in [-0.25, -0.2) is 12.7 Å². The van der Waals surface area contributed by atoms with Crippen molar-refractivity contribution in [3.63, 3.8) is 0 Å². The molecule has 5 nitrogen and oxygen atoms in total. The largest absolute Gasteiger partial charge is 0.378 e. The summed E-state index contributed by atoms with van der Waals surface area (Å²) < 4.78 is 30.5. The fourth-order valence-corrected chi connectivity index (χ4v) is 4.52. The highest BCUT2D eigenvalue weighted by Gasteiger charge is 2.51. The zero-order valence-corrected chi connectivity index (χ0v) is 14.6. The van der Waals surface area contributed by atoms with Crippen LogP contribution in [0.15, 0.2) is 0 Å². The van der Waals surface area contributed by atoms with Crippen molar-refractivity contribution >= 4 is 10.0 Å². The molecule has 6 heteroatoms. The van der Waals surface area contributed by atoms with Crippen LogP contribution in [-0.4, -0.2) is 56.9 Å². The van der Waals surface area contributed by atoms with E-state index in [-0.39, 0.29) is 5.41 Å². The summed E-state index contributed by atoms with van der Waals surface area (Å²) in [7, 11) is -3.03. The zero-order valence-electron chi connectivity index (χ0n) is 13.8. The minimum absolute atomic E-state index is 0.212. The molecular formula is C15H30N2O3S. The number of sulfonamides is 1. The lowest BCUT2D eigenvalue weighted by Gasteiger charge is -2.55. The molecule has 0 aromatic carbocycles. The predicted molar refractivity (Wildman–Crippen MR) is 84.8 cm³/mol. The Hall–Kier alpha value is -0.170. The standard InChI is InChI=1S/C15H30N2O3S/c1-5-15(3)13(11-14(15)20-6-2)16-12-7-9-17(10-8-12)21(4,18)19/h12-14,16H,5-11H2,1-4H3. The monoisotopic (exact) mass is 318 g/mol. The van der Waals surface area contributed by atoms with Gasteiger partial charge in [0.1, 0.15) is 0 Å². The lowest BCUT2D eigenvalue weighted by atomic mass is 9.61. The summed E-state index contributed by atoms with van der Waals surface area (Å²) >= 11 is 0. The van der Waals surface area contributed by atoms with E-state index in [2.05, 4.69) is 26.1 Å². The van der Waals surface area contributed by atoms with Gasteiger partial charge in [-0.1, -0.05) is 13.8 Å². The number of hydrogen-bond donors (Lipinski definition) is 1. The van der Waals surface area contributed by atoms with E-state index >= 15 is 0 Å². The molecule has 21 heavy (non-hydrogen) atoms. The van der Waals surface area contributed by atoms with Crippen LogP contribution in [0.4, 0.5) is 0 Å². The van der Waals surface area contributed by atoms with Gasteiger partial charge >= 0.3 is 0 Å². The first-order chi connectivity index (χ1) is 9.81. The van der Waals surface area contributed by atoms with E-state index in [0.717, 1.165) is 32.3 Å². The molecule has 1 heterocycles. The van der Waals surface area contributed by atoms with E-state index in [1.165, 1.54) is 6.26 Å². The third-order valence-electron chi connectivity index (χ3n) is 5.47. The molecule has 0 spiro atoms. The first-order valence-corrected chi connectivity index (χ1v) is 9.98. The second-order valence-electron chi connectivity index (χ2n) is 6.69. The minimum atomic E-state index is -3.03. The minimum Gasteiger partial charge on any atom is -0.378 e. The van der Waals surface area contributed by atoms with Gasteiger partial charge in [-0.2, -0.15) is 0 Å². The van der Waals surface area contributed by atoms with Crippen LogP contribution in [0.25, 0.3) is 0 Å². The number of piperidine rings is 1. The third kappa shape index (κ3) is 3.60. The molecule has 2 fully saturated rings. The molecule has 1 aliphatic carbocycles. The van der Waals surface area contributed by atoms with Crippen molar-refractivity contribution in [1.82, 2.24) is 9.62 Å². The molecule has 0 aromatic heterocycles. The molecule has 1 N–H and O–H groups in total. The zero-order chi connectivity index (χ0) is 15.7. The van der Waals surface area contributed by atoms with Crippen molar-refractivity contribution in [3.05, 3.63) is 0 Å². The van der Waals surface area contributed by atoms with Gasteiger partial charge < -0.3 is 10.1 Å². The van der Waals surface area contributed by atoms with Crippen LogP contribution in [0, 0.1) is 5.41 Å². The van der Waals surface area contributed by atoms with Crippen LogP contribution in [0.2, 0.25) is 0 Å². The van der Waals surface area contributed by atoms with Gasteiger partial charge in [-0.15, -0.1) is 0 Å². The van der Waals surface area contributed by atoms with Gasteiger partial charge in [0.05, 0.1) is 12.4 Å². The number of rotatable bonds is 6. The lowest BCUT2D eigenvalue weighted by molar-refractivity contribution is -0.128. The van der Waals surface area contributed by atoms with Crippen molar-refractivity contribution in [3.8, 4) is 0 Å². The smallest absolute Gasteiger partial charge is 0.211 e. The van der Waals surface area contributed by atoms with Gasteiger partial charge in [-0.3, -0.25) is 0 Å². The van der Waals surface area contributed by atoms with Gasteiger partial charge in [0.15, 0.2) is 0 Å². The van der Waals surface area contributed by atoms with E-state index in [9.17, 15) is 8.42 Å². The first kappa shape index (κ1) is 17.2. The molecule has 2 rings (SSSR count). The van der Waals surface area contributed by atoms with Gasteiger partial charge in [0, 0.05) is 37.2 Å². The van der Waals surface area contributed by atoms with Crippen molar-refractivity contribution in [2.75, 3.05) is 26.0 Å². The fraction of sp³-hybridized carbons (Fsp3) is 1.00. The topological polar surface area (TPSA) is 58.6 Å². The molecule has 1 aliphatic heterocycles. The van der Waals surface area contributed by atoms with Crippen LogP contribution in [0.3, 0.4) is 0 Å². The molecule has 0 amide bonds. The van der Waals surface area contributed by atoms with Crippen molar-refractivity contribution in [2.45, 2.75) is 64.6 Å². The first-order valence-electron chi connectivity index (χ1n) is 8.14. The summed E-state index contributed by atoms with van der Waals surface area (Å²) in [5, 5.41) is 3.76. The molecule has 1 saturated heterocycles. The Balaban J connectivity index is 1.84. The Morgan fingerprint density at radius 1 is 1.29 bits per heavy atom. The van der Waals surface area contributed by atoms with Crippen LogP contribution >= 0.6 is 0 Å². The Morgan fingerprint density at radius 3 is 2.38 bits per heavy atom. The van der Waals surface area contributed by atoms with E-state index in [0.29, 0.717) is 31.3 Å². The maximum Gasteiger partial charge on any atom is 0.211 e. The molecule has 0 bridgehead atoms. The Bertz CT molecular complexity index is 446. The average Bonchev–Trinajstić information content (AvgIpc) is 2.45. The highest BCUT2D eigenvalue weighted by Crippen LogP contribution is 2.46. The Labute approximate surface area is 129 Å². The lowest BCUT2D eigenvalue weighted by Crippen LogP contribution is -2.64. The Kier molecular flexibility index (Phi) is 5.34. The Morgan fingerprint density at radius 2 is 1.90 bits per heavy atom. The summed E-state index contributed by atoms with van der Waals surface area (Å²) in [6.07, 6.45) is 5.65. The third-order valence-corrected chi connectivity index (χ3v) is 6.77. The van der Waals surface area contributed by atoms with Gasteiger partial charge in [-0.05, 0) is 32.6 Å². The quantitative estimate of drug-likeness (QED) is 0.808. The fourth-order valence-electron chi connectivity index (χ4n) is 3.65. The van der Waals surface area contributed by atoms with Crippen LogP contribution in [0.1, 0.15) is 46.5 Å². The van der Waals surface area contributed by atoms with E-state index < -0.39 is 10.0 Å². The summed E-state index contributed by atoms with van der Waals surface area (Å²) in [6.45, 7) is 8.64.